The van der Waals surface area contributed by atoms with Crippen LogP contribution in [-0.4, -0.2) is 32.4 Å². The van der Waals surface area contributed by atoms with Crippen LogP contribution in [0.1, 0.15) is 17.0 Å². The maximum absolute atomic E-state index is 13.0. The largest absolute Gasteiger partial charge is 0.330 e. The second-order valence-electron chi connectivity index (χ2n) is 6.09. The van der Waals surface area contributed by atoms with Gasteiger partial charge in [-0.3, -0.25) is 0 Å². The van der Waals surface area contributed by atoms with Crippen molar-refractivity contribution in [3.8, 4) is 6.07 Å². The van der Waals surface area contributed by atoms with Crippen molar-refractivity contribution >= 4 is 21.6 Å². The van der Waals surface area contributed by atoms with E-state index < -0.39 is 10.0 Å². The molecule has 0 aliphatic carbocycles. The molecule has 0 spiro atoms. The molecule has 3 rings (SSSR count). The minimum Gasteiger partial charge on any atom is -0.330 e. The van der Waals surface area contributed by atoms with Gasteiger partial charge in [0, 0.05) is 19.0 Å². The van der Waals surface area contributed by atoms with E-state index in [0.29, 0.717) is 19.6 Å². The van der Waals surface area contributed by atoms with Gasteiger partial charge in [-0.25, -0.2) is 8.42 Å². The number of nitrogens with zero attached hydrogens (tertiary/aromatic N) is 2. The minimum absolute atomic E-state index is 0.0611. The molecule has 1 heterocycles. The number of halogens is 1. The molecule has 1 aliphatic rings. The summed E-state index contributed by atoms with van der Waals surface area (Å²) in [6, 6.07) is 15.9. The molecule has 2 N–H and O–H groups in total. The molecule has 2 aromatic carbocycles. The van der Waals surface area contributed by atoms with E-state index in [-0.39, 0.29) is 27.3 Å². The second-order valence-corrected chi connectivity index (χ2v) is 8.43. The van der Waals surface area contributed by atoms with Crippen LogP contribution in [0.3, 0.4) is 0 Å². The molecule has 0 bridgehead atoms. The van der Waals surface area contributed by atoms with Crippen molar-refractivity contribution in [2.24, 2.45) is 11.7 Å². The van der Waals surface area contributed by atoms with Gasteiger partial charge >= 0.3 is 0 Å². The molecule has 1 aliphatic heterocycles. The van der Waals surface area contributed by atoms with Gasteiger partial charge in [-0.2, -0.15) is 9.57 Å². The normalized spacial score (nSPS) is 21.2. The quantitative estimate of drug-likeness (QED) is 0.889. The zero-order valence-electron chi connectivity index (χ0n) is 13.5. The van der Waals surface area contributed by atoms with Crippen molar-refractivity contribution in [3.63, 3.8) is 0 Å². The maximum atomic E-state index is 13.0. The summed E-state index contributed by atoms with van der Waals surface area (Å²) in [5.41, 5.74) is 7.23. The fourth-order valence-corrected chi connectivity index (χ4v) is 5.08. The van der Waals surface area contributed by atoms with E-state index in [2.05, 4.69) is 0 Å². The molecule has 0 unspecified atom stereocenters. The minimum atomic E-state index is -3.69. The Morgan fingerprint density at radius 2 is 1.92 bits per heavy atom. The standard InChI is InChI=1S/C18H18ClN3O2S/c19-18-8-16(7-6-14(18)9-20)25(23,24)22-11-15(10-21)17(12-22)13-4-2-1-3-5-13/h1-8,15,17H,10-12,21H2/t15-,17+/m1/s1. The van der Waals surface area contributed by atoms with Gasteiger partial charge in [0.25, 0.3) is 0 Å². The average Bonchev–Trinajstić information content (AvgIpc) is 3.07. The van der Waals surface area contributed by atoms with E-state index in [1.807, 2.05) is 36.4 Å². The van der Waals surface area contributed by atoms with Crippen molar-refractivity contribution in [2.45, 2.75) is 10.8 Å². The number of nitriles is 1. The lowest BCUT2D eigenvalue weighted by atomic mass is 9.89. The van der Waals surface area contributed by atoms with Crippen LogP contribution in [-0.2, 0) is 10.0 Å². The van der Waals surface area contributed by atoms with Gasteiger partial charge in [-0.1, -0.05) is 41.9 Å². The topological polar surface area (TPSA) is 87.2 Å². The van der Waals surface area contributed by atoms with Gasteiger partial charge in [0.05, 0.1) is 15.5 Å². The summed E-state index contributed by atoms with van der Waals surface area (Å²) in [4.78, 5) is 0.0981. The Bertz CT molecular complexity index is 910. The molecule has 0 aromatic heterocycles. The van der Waals surface area contributed by atoms with E-state index in [4.69, 9.17) is 22.6 Å². The molecule has 130 valence electrons. The molecular formula is C18H18ClN3O2S. The fraction of sp³-hybridized carbons (Fsp3) is 0.278. The van der Waals surface area contributed by atoms with E-state index >= 15 is 0 Å². The summed E-state index contributed by atoms with van der Waals surface area (Å²) in [7, 11) is -3.69. The van der Waals surface area contributed by atoms with Crippen LogP contribution in [0.4, 0.5) is 0 Å². The van der Waals surface area contributed by atoms with Crippen molar-refractivity contribution in [2.75, 3.05) is 19.6 Å². The predicted octanol–water partition coefficient (Wildman–Crippen LogP) is 2.57. The van der Waals surface area contributed by atoms with Crippen molar-refractivity contribution in [1.82, 2.24) is 4.31 Å². The molecule has 2 atom stereocenters. The van der Waals surface area contributed by atoms with E-state index in [1.54, 1.807) is 0 Å². The molecule has 7 heteroatoms. The highest BCUT2D eigenvalue weighted by molar-refractivity contribution is 7.89. The molecule has 1 saturated heterocycles. The Hall–Kier alpha value is -1.91. The van der Waals surface area contributed by atoms with Gasteiger partial charge in [0.1, 0.15) is 6.07 Å². The summed E-state index contributed by atoms with van der Waals surface area (Å²) >= 11 is 6.00. The number of rotatable bonds is 4. The van der Waals surface area contributed by atoms with Crippen molar-refractivity contribution in [3.05, 3.63) is 64.7 Å². The molecule has 0 radical (unpaired) electrons. The second kappa shape index (κ2) is 7.14. The van der Waals surface area contributed by atoms with Crippen LogP contribution in [0.5, 0.6) is 0 Å². The number of nitrogens with two attached hydrogens (primary N) is 1. The third kappa shape index (κ3) is 3.42. The van der Waals surface area contributed by atoms with Crippen LogP contribution in [0.25, 0.3) is 0 Å². The molecule has 5 nitrogen and oxygen atoms in total. The highest BCUT2D eigenvalue weighted by Crippen LogP contribution is 2.35. The molecule has 25 heavy (non-hydrogen) atoms. The van der Waals surface area contributed by atoms with E-state index in [1.165, 1.54) is 22.5 Å². The Balaban J connectivity index is 1.91. The highest BCUT2D eigenvalue weighted by Gasteiger charge is 2.39. The summed E-state index contributed by atoms with van der Waals surface area (Å²) in [5, 5.41) is 9.08. The Morgan fingerprint density at radius 1 is 1.20 bits per heavy atom. The fourth-order valence-electron chi connectivity index (χ4n) is 3.24. The number of benzene rings is 2. The zero-order chi connectivity index (χ0) is 18.0. The summed E-state index contributed by atoms with van der Waals surface area (Å²) in [5.74, 6) is 0.126. The first-order valence-electron chi connectivity index (χ1n) is 7.92. The molecular weight excluding hydrogens is 358 g/mol. The molecule has 2 aromatic rings. The Labute approximate surface area is 152 Å². The zero-order valence-corrected chi connectivity index (χ0v) is 15.0. The first-order valence-corrected chi connectivity index (χ1v) is 9.74. The lowest BCUT2D eigenvalue weighted by molar-refractivity contribution is 0.459. The summed E-state index contributed by atoms with van der Waals surface area (Å²) in [6.07, 6.45) is 0. The maximum Gasteiger partial charge on any atom is 0.243 e. The van der Waals surface area contributed by atoms with E-state index in [9.17, 15) is 8.42 Å². The van der Waals surface area contributed by atoms with Crippen LogP contribution in [0, 0.1) is 17.2 Å². The molecule has 0 amide bonds. The van der Waals surface area contributed by atoms with Crippen LogP contribution < -0.4 is 5.73 Å². The molecule has 0 saturated carbocycles. The van der Waals surface area contributed by atoms with Gasteiger partial charge < -0.3 is 5.73 Å². The lowest BCUT2D eigenvalue weighted by Gasteiger charge is -2.17. The monoisotopic (exact) mass is 375 g/mol. The van der Waals surface area contributed by atoms with Gasteiger partial charge in [0.2, 0.25) is 10.0 Å². The van der Waals surface area contributed by atoms with Gasteiger partial charge in [0.15, 0.2) is 0 Å². The number of hydrogen-bond donors (Lipinski definition) is 1. The summed E-state index contributed by atoms with van der Waals surface area (Å²) in [6.45, 7) is 1.17. The SMILES string of the molecule is N#Cc1ccc(S(=O)(=O)N2C[C@@H](CN)[C@H](c3ccccc3)C2)cc1Cl. The Kier molecular flexibility index (Phi) is 5.11. The van der Waals surface area contributed by atoms with E-state index in [0.717, 1.165) is 5.56 Å². The lowest BCUT2D eigenvalue weighted by Crippen LogP contribution is -2.30. The molecule has 1 fully saturated rings. The highest BCUT2D eigenvalue weighted by atomic mass is 35.5. The number of sulfonamides is 1. The first kappa shape index (κ1) is 17.9. The van der Waals surface area contributed by atoms with Crippen LogP contribution >= 0.6 is 11.6 Å². The van der Waals surface area contributed by atoms with Gasteiger partial charge in [-0.15, -0.1) is 0 Å². The third-order valence-electron chi connectivity index (χ3n) is 4.64. The average molecular weight is 376 g/mol. The Morgan fingerprint density at radius 3 is 2.52 bits per heavy atom. The smallest absolute Gasteiger partial charge is 0.243 e. The third-order valence-corrected chi connectivity index (χ3v) is 6.78. The number of hydrogen-bond acceptors (Lipinski definition) is 4. The summed E-state index contributed by atoms with van der Waals surface area (Å²) < 4.78 is 27.4. The van der Waals surface area contributed by atoms with Crippen molar-refractivity contribution in [1.29, 1.82) is 5.26 Å². The first-order chi connectivity index (χ1) is 12.0. The van der Waals surface area contributed by atoms with Crippen LogP contribution in [0.15, 0.2) is 53.4 Å². The van der Waals surface area contributed by atoms with Gasteiger partial charge in [-0.05, 0) is 36.2 Å². The van der Waals surface area contributed by atoms with Crippen LogP contribution in [0.2, 0.25) is 5.02 Å². The predicted molar refractivity (Wildman–Crippen MR) is 96.7 cm³/mol. The van der Waals surface area contributed by atoms with Crippen molar-refractivity contribution < 1.29 is 8.42 Å².